The van der Waals surface area contributed by atoms with E-state index < -0.39 is 20.1 Å². The fourth-order valence-corrected chi connectivity index (χ4v) is 2.95. The Bertz CT molecular complexity index is 607. The van der Waals surface area contributed by atoms with Crippen molar-refractivity contribution in [3.63, 3.8) is 0 Å². The van der Waals surface area contributed by atoms with Crippen LogP contribution in [-0.2, 0) is 30.1 Å². The molecule has 8 heteroatoms. The Hall–Kier alpha value is -1.12. The van der Waals surface area contributed by atoms with Crippen LogP contribution in [0.2, 0.25) is 0 Å². The second-order valence-corrected chi connectivity index (χ2v) is 7.07. The third-order valence-electron chi connectivity index (χ3n) is 1.87. The van der Waals surface area contributed by atoms with Gasteiger partial charge in [0.15, 0.2) is 0 Å². The van der Waals surface area contributed by atoms with Gasteiger partial charge in [0.05, 0.1) is 12.9 Å². The first-order chi connectivity index (χ1) is 8.22. The third-order valence-corrected chi connectivity index (χ3v) is 3.76. The van der Waals surface area contributed by atoms with E-state index in [0.717, 1.165) is 6.26 Å². The summed E-state index contributed by atoms with van der Waals surface area (Å²) in [7, 11) is -7.00. The zero-order valence-electron chi connectivity index (χ0n) is 10.1. The Labute approximate surface area is 107 Å². The van der Waals surface area contributed by atoms with Crippen LogP contribution in [0.4, 0.5) is 5.69 Å². The van der Waals surface area contributed by atoms with Crippen LogP contribution in [0.5, 0.6) is 0 Å². The Morgan fingerprint density at radius 2 is 1.89 bits per heavy atom. The molecule has 0 spiro atoms. The van der Waals surface area contributed by atoms with E-state index in [1.807, 2.05) is 0 Å². The van der Waals surface area contributed by atoms with Gasteiger partial charge in [0, 0.05) is 5.69 Å². The molecule has 6 nitrogen and oxygen atoms in total. The summed E-state index contributed by atoms with van der Waals surface area (Å²) in [6.07, 6.45) is 1.02. The number of nitrogens with one attached hydrogen (secondary N) is 1. The van der Waals surface area contributed by atoms with Crippen molar-refractivity contribution in [2.75, 3.05) is 17.6 Å². The van der Waals surface area contributed by atoms with E-state index in [1.165, 1.54) is 12.1 Å². The van der Waals surface area contributed by atoms with Gasteiger partial charge in [-0.2, -0.15) is 8.42 Å². The molecule has 0 aliphatic rings. The molecule has 1 aromatic rings. The van der Waals surface area contributed by atoms with Crippen LogP contribution in [-0.4, -0.2) is 29.7 Å². The molecule has 0 amide bonds. The fourth-order valence-electron chi connectivity index (χ4n) is 1.36. The second-order valence-electron chi connectivity index (χ2n) is 3.68. The van der Waals surface area contributed by atoms with Crippen molar-refractivity contribution in [3.05, 3.63) is 29.8 Å². The summed E-state index contributed by atoms with van der Waals surface area (Å²) < 4.78 is 51.8. The van der Waals surface area contributed by atoms with Crippen molar-refractivity contribution in [1.29, 1.82) is 0 Å². The van der Waals surface area contributed by atoms with Crippen molar-refractivity contribution in [3.8, 4) is 0 Å². The smallest absolute Gasteiger partial charge is 0.271 e. The molecule has 1 aromatic carbocycles. The highest BCUT2D eigenvalue weighted by Crippen LogP contribution is 2.15. The number of hydrogen-bond acceptors (Lipinski definition) is 5. The lowest BCUT2D eigenvalue weighted by Gasteiger charge is -2.07. The van der Waals surface area contributed by atoms with Crippen LogP contribution >= 0.6 is 0 Å². The molecular weight excluding hydrogens is 278 g/mol. The highest BCUT2D eigenvalue weighted by molar-refractivity contribution is 7.92. The third kappa shape index (κ3) is 5.48. The van der Waals surface area contributed by atoms with Gasteiger partial charge in [-0.1, -0.05) is 12.1 Å². The van der Waals surface area contributed by atoms with E-state index in [0.29, 0.717) is 11.3 Å². The summed E-state index contributed by atoms with van der Waals surface area (Å²) in [6.45, 7) is 1.66. The van der Waals surface area contributed by atoms with Crippen LogP contribution in [0.15, 0.2) is 24.3 Å². The largest absolute Gasteiger partial charge is 0.284 e. The maximum atomic E-state index is 11.4. The summed E-state index contributed by atoms with van der Waals surface area (Å²) in [6, 6.07) is 6.16. The molecule has 0 heterocycles. The highest BCUT2D eigenvalue weighted by Gasteiger charge is 2.12. The van der Waals surface area contributed by atoms with Gasteiger partial charge in [-0.3, -0.25) is 8.91 Å². The number of benzene rings is 1. The number of anilines is 1. The predicted octanol–water partition coefficient (Wildman–Crippen LogP) is 0.924. The first-order valence-corrected chi connectivity index (χ1v) is 8.62. The molecule has 0 bridgehead atoms. The van der Waals surface area contributed by atoms with Crippen molar-refractivity contribution in [2.24, 2.45) is 0 Å². The normalized spacial score (nSPS) is 12.3. The molecule has 102 valence electrons. The van der Waals surface area contributed by atoms with Crippen LogP contribution in [0.1, 0.15) is 12.5 Å². The molecule has 0 radical (unpaired) electrons. The van der Waals surface area contributed by atoms with Crippen LogP contribution in [0.25, 0.3) is 0 Å². The van der Waals surface area contributed by atoms with E-state index in [-0.39, 0.29) is 12.4 Å². The number of hydrogen-bond donors (Lipinski definition) is 1. The maximum Gasteiger partial charge on any atom is 0.271 e. The quantitative estimate of drug-likeness (QED) is 0.788. The van der Waals surface area contributed by atoms with E-state index in [2.05, 4.69) is 8.91 Å². The summed E-state index contributed by atoms with van der Waals surface area (Å²) in [4.78, 5) is 0. The van der Waals surface area contributed by atoms with Gasteiger partial charge in [0.1, 0.15) is 5.75 Å². The molecule has 0 saturated heterocycles. The van der Waals surface area contributed by atoms with Crippen LogP contribution in [0.3, 0.4) is 0 Å². The van der Waals surface area contributed by atoms with E-state index in [4.69, 9.17) is 0 Å². The Kier molecular flexibility index (Phi) is 4.71. The first-order valence-electron chi connectivity index (χ1n) is 5.16. The van der Waals surface area contributed by atoms with Gasteiger partial charge < -0.3 is 0 Å². The van der Waals surface area contributed by atoms with Gasteiger partial charge in [-0.15, -0.1) is 0 Å². The van der Waals surface area contributed by atoms with Gasteiger partial charge in [-0.05, 0) is 24.6 Å². The van der Waals surface area contributed by atoms with Crippen molar-refractivity contribution >= 4 is 25.8 Å². The minimum atomic E-state index is -3.62. The molecular formula is C10H15NO5S2. The Balaban J connectivity index is 2.90. The molecule has 0 fully saturated rings. The molecule has 0 saturated carbocycles. The second kappa shape index (κ2) is 5.68. The minimum absolute atomic E-state index is 0.0730. The fraction of sp³-hybridized carbons (Fsp3) is 0.400. The predicted molar refractivity (Wildman–Crippen MR) is 69.2 cm³/mol. The monoisotopic (exact) mass is 293 g/mol. The summed E-state index contributed by atoms with van der Waals surface area (Å²) >= 11 is 0. The molecule has 0 aliphatic heterocycles. The average molecular weight is 293 g/mol. The van der Waals surface area contributed by atoms with E-state index in [9.17, 15) is 16.8 Å². The minimum Gasteiger partial charge on any atom is -0.284 e. The topological polar surface area (TPSA) is 89.5 Å². The molecule has 1 N–H and O–H groups in total. The van der Waals surface area contributed by atoms with E-state index in [1.54, 1.807) is 19.1 Å². The lowest BCUT2D eigenvalue weighted by atomic mass is 10.2. The number of rotatable bonds is 6. The zero-order valence-corrected chi connectivity index (χ0v) is 11.7. The SMILES string of the molecule is CCOS(=O)(=O)Cc1cccc(NS(C)(=O)=O)c1. The highest BCUT2D eigenvalue weighted by atomic mass is 32.2. The van der Waals surface area contributed by atoms with Crippen LogP contribution < -0.4 is 4.72 Å². The molecule has 0 aromatic heterocycles. The standard InChI is InChI=1S/C10H15NO5S2/c1-3-16-18(14,15)8-9-5-4-6-10(7-9)11-17(2,12)13/h4-7,11H,3,8H2,1-2H3. The van der Waals surface area contributed by atoms with Crippen molar-refractivity contribution in [2.45, 2.75) is 12.7 Å². The molecule has 1 rings (SSSR count). The molecule has 18 heavy (non-hydrogen) atoms. The Morgan fingerprint density at radius 1 is 1.22 bits per heavy atom. The summed E-state index contributed by atoms with van der Waals surface area (Å²) in [5.41, 5.74) is 0.777. The van der Waals surface area contributed by atoms with Gasteiger partial charge in [0.2, 0.25) is 10.0 Å². The van der Waals surface area contributed by atoms with Gasteiger partial charge in [0.25, 0.3) is 10.1 Å². The molecule has 0 aliphatic carbocycles. The van der Waals surface area contributed by atoms with E-state index >= 15 is 0 Å². The molecule has 0 atom stereocenters. The van der Waals surface area contributed by atoms with Crippen molar-refractivity contribution < 1.29 is 21.0 Å². The summed E-state index contributed by atoms with van der Waals surface area (Å²) in [5.74, 6) is -0.292. The lowest BCUT2D eigenvalue weighted by molar-refractivity contribution is 0.337. The van der Waals surface area contributed by atoms with Crippen LogP contribution in [0, 0.1) is 0 Å². The Morgan fingerprint density at radius 3 is 2.44 bits per heavy atom. The number of sulfonamides is 1. The molecule has 0 unspecified atom stereocenters. The van der Waals surface area contributed by atoms with Crippen molar-refractivity contribution in [1.82, 2.24) is 0 Å². The average Bonchev–Trinajstić information content (AvgIpc) is 2.13. The summed E-state index contributed by atoms with van der Waals surface area (Å²) in [5, 5.41) is 0. The van der Waals surface area contributed by atoms with Gasteiger partial charge >= 0.3 is 0 Å². The first kappa shape index (κ1) is 14.9. The maximum absolute atomic E-state index is 11.4. The van der Waals surface area contributed by atoms with Gasteiger partial charge in [-0.25, -0.2) is 8.42 Å². The lowest BCUT2D eigenvalue weighted by Crippen LogP contribution is -2.11. The zero-order chi connectivity index (χ0) is 13.8.